The van der Waals surface area contributed by atoms with Crippen LogP contribution in [-0.4, -0.2) is 24.9 Å². The molecular formula is C13H10BrO4S. The van der Waals surface area contributed by atoms with Crippen LogP contribution in [0.4, 0.5) is 0 Å². The van der Waals surface area contributed by atoms with Gasteiger partial charge in [0.05, 0.1) is 4.90 Å². The third-order valence-corrected chi connectivity index (χ3v) is 4.16. The molecule has 0 amide bonds. The molecule has 0 fully saturated rings. The molecule has 19 heavy (non-hydrogen) atoms. The van der Waals surface area contributed by atoms with E-state index in [0.717, 1.165) is 6.26 Å². The van der Waals surface area contributed by atoms with Crippen molar-refractivity contribution in [1.29, 1.82) is 0 Å². The van der Waals surface area contributed by atoms with Gasteiger partial charge in [-0.2, -0.15) is 0 Å². The molecule has 4 nitrogen and oxygen atoms in total. The Morgan fingerprint density at radius 3 is 2.47 bits per heavy atom. The fraction of sp³-hybridized carbons (Fsp3) is 0.0769. The van der Waals surface area contributed by atoms with E-state index in [0.29, 0.717) is 10.0 Å². The summed E-state index contributed by atoms with van der Waals surface area (Å²) < 4.78 is 23.7. The Morgan fingerprint density at radius 1 is 1.16 bits per heavy atom. The molecule has 2 rings (SSSR count). The zero-order valence-corrected chi connectivity index (χ0v) is 12.3. The Bertz CT molecular complexity index is 738. The van der Waals surface area contributed by atoms with Gasteiger partial charge in [-0.1, -0.05) is 15.9 Å². The lowest BCUT2D eigenvalue weighted by Gasteiger charge is -2.09. The van der Waals surface area contributed by atoms with Gasteiger partial charge in [-0.3, -0.25) is 0 Å². The summed E-state index contributed by atoms with van der Waals surface area (Å²) in [7, 11) is -3.41. The fourth-order valence-electron chi connectivity index (χ4n) is 1.61. The van der Waals surface area contributed by atoms with E-state index in [1.54, 1.807) is 12.1 Å². The highest BCUT2D eigenvalue weighted by molar-refractivity contribution is 9.10. The Kier molecular flexibility index (Phi) is 3.56. The van der Waals surface area contributed by atoms with Crippen LogP contribution in [0, 0.1) is 6.07 Å². The standard InChI is InChI=1S/C13H10BrO4S/c1-19(17,18)9-3-5-13(16)11(7-9)10-6-8(14)2-4-12(10)15/h2-4,6-7,15-16H,1H3. The second-order valence-corrected chi connectivity index (χ2v) is 6.96. The van der Waals surface area contributed by atoms with Gasteiger partial charge in [0, 0.05) is 27.9 Å². The summed E-state index contributed by atoms with van der Waals surface area (Å²) in [4.78, 5) is 0.0275. The first kappa shape index (κ1) is 13.9. The molecule has 0 aliphatic heterocycles. The van der Waals surface area contributed by atoms with Gasteiger partial charge in [-0.15, -0.1) is 0 Å². The van der Waals surface area contributed by atoms with Crippen molar-refractivity contribution in [3.05, 3.63) is 40.9 Å². The van der Waals surface area contributed by atoms with E-state index in [2.05, 4.69) is 22.0 Å². The van der Waals surface area contributed by atoms with Crippen molar-refractivity contribution in [2.75, 3.05) is 6.26 Å². The van der Waals surface area contributed by atoms with Gasteiger partial charge in [0.15, 0.2) is 9.84 Å². The second-order valence-electron chi connectivity index (χ2n) is 4.03. The first-order valence-corrected chi connectivity index (χ1v) is 7.91. The highest BCUT2D eigenvalue weighted by Gasteiger charge is 2.15. The van der Waals surface area contributed by atoms with Crippen LogP contribution in [0.1, 0.15) is 0 Å². The lowest BCUT2D eigenvalue weighted by molar-refractivity contribution is 0.468. The first-order valence-electron chi connectivity index (χ1n) is 5.22. The number of halogens is 1. The van der Waals surface area contributed by atoms with Crippen LogP contribution in [0.5, 0.6) is 11.5 Å². The lowest BCUT2D eigenvalue weighted by atomic mass is 10.0. The molecule has 2 aromatic carbocycles. The summed E-state index contributed by atoms with van der Waals surface area (Å²) >= 11 is 3.25. The van der Waals surface area contributed by atoms with Gasteiger partial charge < -0.3 is 10.2 Å². The van der Waals surface area contributed by atoms with Gasteiger partial charge in [0.2, 0.25) is 0 Å². The van der Waals surface area contributed by atoms with Gasteiger partial charge >= 0.3 is 0 Å². The number of rotatable bonds is 2. The molecule has 0 spiro atoms. The predicted molar refractivity (Wildman–Crippen MR) is 74.9 cm³/mol. The van der Waals surface area contributed by atoms with E-state index in [1.807, 2.05) is 0 Å². The molecule has 0 saturated heterocycles. The van der Waals surface area contributed by atoms with E-state index >= 15 is 0 Å². The van der Waals surface area contributed by atoms with E-state index in [4.69, 9.17) is 0 Å². The summed E-state index contributed by atoms with van der Waals surface area (Å²) in [5.41, 5.74) is 0.537. The topological polar surface area (TPSA) is 74.6 Å². The van der Waals surface area contributed by atoms with Crippen LogP contribution < -0.4 is 0 Å². The van der Waals surface area contributed by atoms with Crippen molar-refractivity contribution in [3.63, 3.8) is 0 Å². The van der Waals surface area contributed by atoms with Gasteiger partial charge in [-0.25, -0.2) is 8.42 Å². The molecule has 0 heterocycles. The quantitative estimate of drug-likeness (QED) is 0.880. The van der Waals surface area contributed by atoms with E-state index in [9.17, 15) is 18.6 Å². The number of benzene rings is 2. The van der Waals surface area contributed by atoms with Crippen LogP contribution in [0.2, 0.25) is 0 Å². The van der Waals surface area contributed by atoms with Crippen molar-refractivity contribution in [3.8, 4) is 22.6 Å². The number of hydrogen-bond donors (Lipinski definition) is 2. The van der Waals surface area contributed by atoms with Crippen LogP contribution in [-0.2, 0) is 9.84 Å². The lowest BCUT2D eigenvalue weighted by Crippen LogP contribution is -1.97. The molecule has 0 aliphatic rings. The van der Waals surface area contributed by atoms with Gasteiger partial charge in [-0.05, 0) is 30.3 Å². The summed E-state index contributed by atoms with van der Waals surface area (Å²) in [5.74, 6) is -0.279. The number of phenolic OH excluding ortho intramolecular Hbond substituents is 2. The molecule has 2 N–H and O–H groups in total. The molecule has 0 saturated carbocycles. The molecular weight excluding hydrogens is 332 g/mol. The smallest absolute Gasteiger partial charge is 0.175 e. The maximum atomic E-state index is 11.5. The predicted octanol–water partition coefficient (Wildman–Crippen LogP) is 2.73. The monoisotopic (exact) mass is 341 g/mol. The average Bonchev–Trinajstić information content (AvgIpc) is 2.32. The summed E-state index contributed by atoms with van der Waals surface area (Å²) in [5, 5.41) is 19.6. The molecule has 6 heteroatoms. The fourth-order valence-corrected chi connectivity index (χ4v) is 2.58. The number of sulfone groups is 1. The first-order chi connectivity index (χ1) is 8.79. The third-order valence-electron chi connectivity index (χ3n) is 2.57. The summed E-state index contributed by atoms with van der Waals surface area (Å²) in [6, 6.07) is 9.65. The molecule has 0 bridgehead atoms. The largest absolute Gasteiger partial charge is 0.507 e. The molecule has 0 unspecified atom stereocenters. The van der Waals surface area contributed by atoms with Gasteiger partial charge in [0.1, 0.15) is 11.5 Å². The summed E-state index contributed by atoms with van der Waals surface area (Å²) in [6.45, 7) is 0. The minimum absolute atomic E-state index is 0.0275. The summed E-state index contributed by atoms with van der Waals surface area (Å²) in [6.07, 6.45) is 1.07. The van der Waals surface area contributed by atoms with Crippen molar-refractivity contribution >= 4 is 25.8 Å². The minimum Gasteiger partial charge on any atom is -0.507 e. The van der Waals surface area contributed by atoms with Crippen molar-refractivity contribution in [1.82, 2.24) is 0 Å². The van der Waals surface area contributed by atoms with Crippen molar-refractivity contribution < 1.29 is 18.6 Å². The molecule has 2 aromatic rings. The minimum atomic E-state index is -3.41. The average molecular weight is 342 g/mol. The van der Waals surface area contributed by atoms with E-state index < -0.39 is 9.84 Å². The van der Waals surface area contributed by atoms with Crippen molar-refractivity contribution in [2.24, 2.45) is 0 Å². The van der Waals surface area contributed by atoms with Gasteiger partial charge in [0.25, 0.3) is 0 Å². The Balaban J connectivity index is 2.71. The zero-order valence-electron chi connectivity index (χ0n) is 9.88. The Hall–Kier alpha value is -1.53. The van der Waals surface area contributed by atoms with Crippen molar-refractivity contribution in [2.45, 2.75) is 4.90 Å². The molecule has 99 valence electrons. The molecule has 0 atom stereocenters. The van der Waals surface area contributed by atoms with E-state index in [1.165, 1.54) is 18.2 Å². The zero-order chi connectivity index (χ0) is 14.2. The maximum absolute atomic E-state index is 11.5. The molecule has 0 aromatic heterocycles. The Labute approximate surface area is 119 Å². The highest BCUT2D eigenvalue weighted by atomic mass is 79.9. The van der Waals surface area contributed by atoms with Crippen LogP contribution >= 0.6 is 15.9 Å². The highest BCUT2D eigenvalue weighted by Crippen LogP contribution is 2.37. The molecule has 1 radical (unpaired) electrons. The van der Waals surface area contributed by atoms with Crippen LogP contribution in [0.15, 0.2) is 39.7 Å². The van der Waals surface area contributed by atoms with Crippen LogP contribution in [0.3, 0.4) is 0 Å². The SMILES string of the molecule is CS(=O)(=O)c1c[c]c(O)c(-c2cc(Br)ccc2O)c1. The Morgan fingerprint density at radius 2 is 1.84 bits per heavy atom. The maximum Gasteiger partial charge on any atom is 0.175 e. The van der Waals surface area contributed by atoms with Crippen LogP contribution in [0.25, 0.3) is 11.1 Å². The number of phenols is 2. The third kappa shape index (κ3) is 2.90. The molecule has 0 aliphatic carbocycles. The second kappa shape index (κ2) is 4.86. The number of aromatic hydroxyl groups is 2. The number of hydrogen-bond acceptors (Lipinski definition) is 4. The van der Waals surface area contributed by atoms with E-state index in [-0.39, 0.29) is 22.0 Å². The normalized spacial score (nSPS) is 11.5.